The van der Waals surface area contributed by atoms with Crippen molar-refractivity contribution >= 4 is 65.9 Å². The number of hydrogen-bond donors (Lipinski definition) is 15. The molecule has 0 radical (unpaired) electrons. The van der Waals surface area contributed by atoms with Crippen LogP contribution in [0.1, 0.15) is 158 Å². The molecule has 0 aliphatic carbocycles. The van der Waals surface area contributed by atoms with Crippen molar-refractivity contribution in [3.63, 3.8) is 0 Å². The van der Waals surface area contributed by atoms with Gasteiger partial charge in [-0.05, 0) is 153 Å². The lowest BCUT2D eigenvalue weighted by Crippen LogP contribution is -2.60. The van der Waals surface area contributed by atoms with Crippen LogP contribution in [0.3, 0.4) is 0 Å². The molecule has 0 heterocycles. The Morgan fingerprint density at radius 3 is 0.773 bits per heavy atom. The van der Waals surface area contributed by atoms with Gasteiger partial charge in [0, 0.05) is 5.75 Å². The van der Waals surface area contributed by atoms with Crippen molar-refractivity contribution in [2.45, 2.75) is 212 Å². The number of carbonyl (C=O) groups excluding carboxylic acids is 8. The van der Waals surface area contributed by atoms with Crippen molar-refractivity contribution in [3.05, 3.63) is 0 Å². The Morgan fingerprint density at radius 1 is 0.347 bits per heavy atom. The summed E-state index contributed by atoms with van der Waals surface area (Å²) in [5, 5.41) is 31.4. The van der Waals surface area contributed by atoms with Crippen LogP contribution in [0.2, 0.25) is 0 Å². The van der Waals surface area contributed by atoms with Gasteiger partial charge in [0.15, 0.2) is 0 Å². The largest absolute Gasteiger partial charge is 0.480 e. The molecular formula is C51H99N13O10S. The van der Waals surface area contributed by atoms with E-state index in [1.54, 1.807) is 0 Å². The minimum atomic E-state index is -1.32. The van der Waals surface area contributed by atoms with E-state index < -0.39 is 108 Å². The first-order valence-electron chi connectivity index (χ1n) is 27.2. The Labute approximate surface area is 451 Å². The maximum Gasteiger partial charge on any atom is 0.327 e. The molecule has 75 heavy (non-hydrogen) atoms. The number of carboxylic acids is 1. The second kappa shape index (κ2) is 39.7. The molecule has 19 N–H and O–H groups in total. The minimum absolute atomic E-state index is 0.0135. The van der Waals surface area contributed by atoms with E-state index in [0.29, 0.717) is 84.0 Å². The molecule has 24 heteroatoms. The summed E-state index contributed by atoms with van der Waals surface area (Å²) in [5.41, 5.74) is 29.2. The van der Waals surface area contributed by atoms with Crippen molar-refractivity contribution in [2.75, 3.05) is 31.9 Å². The summed E-state index contributed by atoms with van der Waals surface area (Å²) in [6, 6.07) is -10.2. The third-order valence-electron chi connectivity index (χ3n) is 12.2. The van der Waals surface area contributed by atoms with Crippen LogP contribution in [0.5, 0.6) is 0 Å². The van der Waals surface area contributed by atoms with Crippen molar-refractivity contribution in [3.8, 4) is 0 Å². The standard InChI is InChI=1S/C51H99N13O10S/c1-30(2)25-34(56)43(65)61-39(26-31(3)4)48(70)59-35(17-9-13-21-52)44(66)57-37(19-11-15-23-54)46(68)62-41(28-33(7)8)50(72)63-40(27-32(5)6)49(71)60-36(18-10-14-22-53)45(67)58-38(20-12-16-24-55)47(69)64-42(29-75)51(73)74/h30-42,75H,9-29,52-56H2,1-8H3,(H,57,66)(H,58,67)(H,59,70)(H,60,71)(H,61,65)(H,62,68)(H,63,72)(H,64,69)(H,73,74)/t34-,35-,36-,37-,38-,39-,40-,41-,42-/m0/s1. The number of rotatable bonds is 42. The van der Waals surface area contributed by atoms with E-state index in [0.717, 1.165) is 0 Å². The smallest absolute Gasteiger partial charge is 0.327 e. The highest BCUT2D eigenvalue weighted by Crippen LogP contribution is 2.14. The van der Waals surface area contributed by atoms with E-state index in [-0.39, 0.29) is 74.4 Å². The van der Waals surface area contributed by atoms with Crippen molar-refractivity contribution in [1.29, 1.82) is 0 Å². The lowest BCUT2D eigenvalue weighted by molar-refractivity contribution is -0.141. The Kier molecular flexibility index (Phi) is 37.3. The van der Waals surface area contributed by atoms with Gasteiger partial charge in [-0.3, -0.25) is 38.4 Å². The van der Waals surface area contributed by atoms with Gasteiger partial charge in [0.05, 0.1) is 6.04 Å². The van der Waals surface area contributed by atoms with Gasteiger partial charge < -0.3 is 76.3 Å². The summed E-state index contributed by atoms with van der Waals surface area (Å²) in [6.07, 6.45) is 5.30. The number of amides is 8. The SMILES string of the molecule is CC(C)C[C@H](NC(=O)[C@H](CC(C)C)NC(=O)[C@H](CCCCN)NC(=O)[C@H](CCCCN)NC(=O)[C@H](CC(C)C)NC(=O)[C@@H](N)CC(C)C)C(=O)N[C@@H](CCCCN)C(=O)N[C@@H](CCCCN)C(=O)N[C@@H](CS)C(=O)O. The predicted molar refractivity (Wildman–Crippen MR) is 294 cm³/mol. The van der Waals surface area contributed by atoms with Crippen LogP contribution in [0.15, 0.2) is 0 Å². The molecule has 0 rings (SSSR count). The molecule has 0 aromatic carbocycles. The number of nitrogens with two attached hydrogens (primary N) is 5. The second-order valence-electron chi connectivity index (χ2n) is 21.3. The van der Waals surface area contributed by atoms with Crippen molar-refractivity contribution in [1.82, 2.24) is 42.5 Å². The first-order valence-corrected chi connectivity index (χ1v) is 27.8. The van der Waals surface area contributed by atoms with Crippen LogP contribution >= 0.6 is 12.6 Å². The van der Waals surface area contributed by atoms with Crippen LogP contribution in [0.4, 0.5) is 0 Å². The number of aliphatic carboxylic acids is 1. The second-order valence-corrected chi connectivity index (χ2v) is 21.6. The molecule has 0 aromatic heterocycles. The van der Waals surface area contributed by atoms with E-state index in [1.165, 1.54) is 0 Å². The number of hydrogen-bond acceptors (Lipinski definition) is 15. The van der Waals surface area contributed by atoms with Gasteiger partial charge in [0.25, 0.3) is 0 Å². The summed E-state index contributed by atoms with van der Waals surface area (Å²) in [4.78, 5) is 123. The molecule has 0 aliphatic heterocycles. The van der Waals surface area contributed by atoms with E-state index >= 15 is 0 Å². The van der Waals surface area contributed by atoms with Gasteiger partial charge in [-0.2, -0.15) is 12.6 Å². The van der Waals surface area contributed by atoms with Crippen LogP contribution in [0.25, 0.3) is 0 Å². The number of carboxylic acid groups (broad SMARTS) is 1. The monoisotopic (exact) mass is 1090 g/mol. The average molecular weight is 1090 g/mol. The van der Waals surface area contributed by atoms with E-state index in [1.807, 2.05) is 55.4 Å². The summed E-state index contributed by atoms with van der Waals surface area (Å²) in [5.74, 6) is -6.95. The number of unbranched alkanes of at least 4 members (excludes halogenated alkanes) is 4. The highest BCUT2D eigenvalue weighted by molar-refractivity contribution is 7.80. The molecule has 434 valence electrons. The highest BCUT2D eigenvalue weighted by atomic mass is 32.1. The fourth-order valence-electron chi connectivity index (χ4n) is 8.14. The van der Waals surface area contributed by atoms with Gasteiger partial charge in [-0.25, -0.2) is 4.79 Å². The first kappa shape index (κ1) is 70.4. The molecule has 0 fully saturated rings. The maximum atomic E-state index is 14.3. The molecule has 0 aliphatic rings. The normalized spacial score (nSPS) is 15.1. The molecule has 0 unspecified atom stereocenters. The van der Waals surface area contributed by atoms with Crippen LogP contribution < -0.4 is 71.2 Å². The van der Waals surface area contributed by atoms with E-state index in [4.69, 9.17) is 28.7 Å². The fraction of sp³-hybridized carbons (Fsp3) is 0.824. The molecule has 0 bridgehead atoms. The Morgan fingerprint density at radius 2 is 0.560 bits per heavy atom. The third kappa shape index (κ3) is 30.6. The number of thiol groups is 1. The molecule has 23 nitrogen and oxygen atoms in total. The third-order valence-corrected chi connectivity index (χ3v) is 12.6. The molecule has 0 saturated carbocycles. The zero-order valence-electron chi connectivity index (χ0n) is 46.3. The molecule has 0 saturated heterocycles. The number of carbonyl (C=O) groups is 9. The summed E-state index contributed by atoms with van der Waals surface area (Å²) >= 11 is 4.02. The van der Waals surface area contributed by atoms with Crippen LogP contribution in [-0.4, -0.2) is 145 Å². The number of nitrogens with one attached hydrogen (secondary N) is 8. The Bertz CT molecular complexity index is 1740. The first-order chi connectivity index (χ1) is 35.3. The predicted octanol–water partition coefficient (Wildman–Crippen LogP) is -0.0931. The lowest BCUT2D eigenvalue weighted by Gasteiger charge is -2.29. The van der Waals surface area contributed by atoms with Crippen LogP contribution in [-0.2, 0) is 43.2 Å². The fourth-order valence-corrected chi connectivity index (χ4v) is 8.39. The molecule has 0 spiro atoms. The molecular weight excluding hydrogens is 987 g/mol. The van der Waals surface area contributed by atoms with Crippen molar-refractivity contribution in [2.24, 2.45) is 52.3 Å². The topological polar surface area (TPSA) is 400 Å². The zero-order chi connectivity index (χ0) is 57.2. The quantitative estimate of drug-likeness (QED) is 0.0281. The summed E-state index contributed by atoms with van der Waals surface area (Å²) in [7, 11) is 0. The Hall–Kier alpha value is -4.62. The van der Waals surface area contributed by atoms with E-state index in [2.05, 4.69) is 55.2 Å². The average Bonchev–Trinajstić information content (AvgIpc) is 3.32. The highest BCUT2D eigenvalue weighted by Gasteiger charge is 2.35. The van der Waals surface area contributed by atoms with Gasteiger partial charge in [0.1, 0.15) is 48.3 Å². The van der Waals surface area contributed by atoms with Gasteiger partial charge in [-0.1, -0.05) is 55.4 Å². The zero-order valence-corrected chi connectivity index (χ0v) is 47.2. The molecule has 9 atom stereocenters. The summed E-state index contributed by atoms with van der Waals surface area (Å²) in [6.45, 7) is 16.3. The minimum Gasteiger partial charge on any atom is -0.480 e. The van der Waals surface area contributed by atoms with Gasteiger partial charge >= 0.3 is 5.97 Å². The van der Waals surface area contributed by atoms with Gasteiger partial charge in [-0.15, -0.1) is 0 Å². The van der Waals surface area contributed by atoms with E-state index in [9.17, 15) is 48.3 Å². The Balaban J connectivity index is 6.79. The van der Waals surface area contributed by atoms with Crippen molar-refractivity contribution < 1.29 is 48.3 Å². The maximum absolute atomic E-state index is 14.3. The molecule has 8 amide bonds. The van der Waals surface area contributed by atoms with Gasteiger partial charge in [0.2, 0.25) is 47.3 Å². The van der Waals surface area contributed by atoms with Crippen LogP contribution in [0, 0.1) is 23.7 Å². The lowest BCUT2D eigenvalue weighted by atomic mass is 9.98. The summed E-state index contributed by atoms with van der Waals surface area (Å²) < 4.78 is 0. The molecule has 0 aromatic rings.